The lowest BCUT2D eigenvalue weighted by atomic mass is 10.2. The Balaban J connectivity index is 1.98. The molecular weight excluding hydrogens is 288 g/mol. The molecule has 1 aromatic heterocycles. The van der Waals surface area contributed by atoms with E-state index in [1.807, 2.05) is 30.3 Å². The van der Waals surface area contributed by atoms with Crippen molar-refractivity contribution in [1.29, 1.82) is 0 Å². The molecule has 1 heterocycles. The molecule has 0 radical (unpaired) electrons. The van der Waals surface area contributed by atoms with Crippen LogP contribution in [-0.2, 0) is 6.61 Å². The van der Waals surface area contributed by atoms with E-state index in [9.17, 15) is 0 Å². The molecule has 0 N–H and O–H groups in total. The first-order valence-electron chi connectivity index (χ1n) is 7.72. The second kappa shape index (κ2) is 5.97. The number of hydrogen-bond acceptors (Lipinski definition) is 4. The van der Waals surface area contributed by atoms with Gasteiger partial charge in [-0.3, -0.25) is 0 Å². The smallest absolute Gasteiger partial charge is 0.163 e. The van der Waals surface area contributed by atoms with Crippen molar-refractivity contribution in [2.75, 3.05) is 7.04 Å². The second-order valence-electron chi connectivity index (χ2n) is 4.36. The maximum absolute atomic E-state index is 7.32. The highest BCUT2D eigenvalue weighted by Gasteiger charge is 2.10. The van der Waals surface area contributed by atoms with Crippen LogP contribution in [0.4, 0.5) is 0 Å². The normalized spacial score (nSPS) is 13.3. The highest BCUT2D eigenvalue weighted by Crippen LogP contribution is 2.34. The Morgan fingerprint density at radius 2 is 2.00 bits per heavy atom. The van der Waals surface area contributed by atoms with Crippen LogP contribution in [0.3, 0.4) is 0 Å². The fourth-order valence-corrected chi connectivity index (χ4v) is 2.16. The van der Waals surface area contributed by atoms with Gasteiger partial charge in [0.25, 0.3) is 0 Å². The standard InChI is InChI=1S/C16H13ClN2O2/c1-20-14-7-12-13(18-10-19-16(12)17)8-15(14)21-9-11-5-3-2-4-6-11/h2-8,10H,9H2,1H3/i1D3. The number of nitrogens with zero attached hydrogens (tertiary/aromatic N) is 2. The van der Waals surface area contributed by atoms with E-state index in [1.54, 1.807) is 6.07 Å². The Kier molecular flexibility index (Phi) is 2.96. The number of aromatic nitrogens is 2. The van der Waals surface area contributed by atoms with Crippen LogP contribution >= 0.6 is 11.6 Å². The predicted octanol–water partition coefficient (Wildman–Crippen LogP) is 3.87. The zero-order valence-corrected chi connectivity index (χ0v) is 11.7. The summed E-state index contributed by atoms with van der Waals surface area (Å²) in [4.78, 5) is 8.01. The molecule has 3 aromatic rings. The van der Waals surface area contributed by atoms with E-state index in [0.717, 1.165) is 5.56 Å². The number of hydrogen-bond donors (Lipinski definition) is 0. The van der Waals surface area contributed by atoms with Crippen LogP contribution in [0.25, 0.3) is 10.9 Å². The molecule has 5 heteroatoms. The van der Waals surface area contributed by atoms with Crippen molar-refractivity contribution in [1.82, 2.24) is 9.97 Å². The average Bonchev–Trinajstić information content (AvgIpc) is 2.53. The van der Waals surface area contributed by atoms with Gasteiger partial charge >= 0.3 is 0 Å². The molecule has 0 aliphatic carbocycles. The molecule has 0 unspecified atom stereocenters. The van der Waals surface area contributed by atoms with Crippen molar-refractivity contribution < 1.29 is 13.6 Å². The molecule has 21 heavy (non-hydrogen) atoms. The molecule has 0 bridgehead atoms. The quantitative estimate of drug-likeness (QED) is 0.686. The Morgan fingerprint density at radius 1 is 1.14 bits per heavy atom. The fraction of sp³-hybridized carbons (Fsp3) is 0.125. The molecule has 0 aliphatic rings. The third-order valence-electron chi connectivity index (χ3n) is 3.00. The summed E-state index contributed by atoms with van der Waals surface area (Å²) in [5, 5.41) is 0.704. The van der Waals surface area contributed by atoms with E-state index in [2.05, 4.69) is 9.97 Å². The van der Waals surface area contributed by atoms with Gasteiger partial charge in [-0.1, -0.05) is 41.9 Å². The van der Waals surface area contributed by atoms with Crippen LogP contribution in [0, 0.1) is 0 Å². The van der Waals surface area contributed by atoms with E-state index >= 15 is 0 Å². The molecule has 2 aromatic carbocycles. The zero-order chi connectivity index (χ0) is 17.2. The highest BCUT2D eigenvalue weighted by molar-refractivity contribution is 6.34. The number of halogens is 1. The van der Waals surface area contributed by atoms with Gasteiger partial charge in [0.15, 0.2) is 11.5 Å². The van der Waals surface area contributed by atoms with Crippen molar-refractivity contribution in [2.24, 2.45) is 0 Å². The van der Waals surface area contributed by atoms with Gasteiger partial charge in [-0.15, -0.1) is 0 Å². The molecule has 0 saturated carbocycles. The fourth-order valence-electron chi connectivity index (χ4n) is 1.96. The van der Waals surface area contributed by atoms with Crippen LogP contribution in [-0.4, -0.2) is 17.0 Å². The summed E-state index contributed by atoms with van der Waals surface area (Å²) in [6.07, 6.45) is 1.33. The van der Waals surface area contributed by atoms with E-state index < -0.39 is 7.04 Å². The van der Waals surface area contributed by atoms with Crippen molar-refractivity contribution >= 4 is 22.5 Å². The highest BCUT2D eigenvalue weighted by atomic mass is 35.5. The number of ether oxygens (including phenoxy) is 2. The van der Waals surface area contributed by atoms with Gasteiger partial charge in [-0.25, -0.2) is 9.97 Å². The van der Waals surface area contributed by atoms with Crippen LogP contribution in [0.15, 0.2) is 48.8 Å². The van der Waals surface area contributed by atoms with Crippen LogP contribution in [0.5, 0.6) is 11.5 Å². The van der Waals surface area contributed by atoms with Gasteiger partial charge in [0.05, 0.1) is 16.7 Å². The Morgan fingerprint density at radius 3 is 2.81 bits per heavy atom. The minimum atomic E-state index is -2.61. The summed E-state index contributed by atoms with van der Waals surface area (Å²) >= 11 is 6.04. The summed E-state index contributed by atoms with van der Waals surface area (Å²) in [6.45, 7) is 0.266. The minimum Gasteiger partial charge on any atom is -0.493 e. The van der Waals surface area contributed by atoms with Crippen molar-refractivity contribution in [3.05, 3.63) is 59.5 Å². The second-order valence-corrected chi connectivity index (χ2v) is 4.71. The molecule has 4 nitrogen and oxygen atoms in total. The largest absolute Gasteiger partial charge is 0.493 e. The number of fused-ring (bicyclic) bond motifs is 1. The van der Waals surface area contributed by atoms with Crippen LogP contribution in [0.1, 0.15) is 9.68 Å². The van der Waals surface area contributed by atoms with Gasteiger partial charge in [0, 0.05) is 11.5 Å². The van der Waals surface area contributed by atoms with Gasteiger partial charge in [0.1, 0.15) is 18.1 Å². The summed E-state index contributed by atoms with van der Waals surface area (Å²) in [5.41, 5.74) is 1.48. The molecule has 0 atom stereocenters. The summed E-state index contributed by atoms with van der Waals surface area (Å²) < 4.78 is 32.7. The van der Waals surface area contributed by atoms with Crippen molar-refractivity contribution in [2.45, 2.75) is 6.61 Å². The SMILES string of the molecule is [2H]C([2H])([2H])Oc1cc2c(Cl)ncnc2cc1OCc1ccccc1. The van der Waals surface area contributed by atoms with E-state index in [0.29, 0.717) is 10.9 Å². The monoisotopic (exact) mass is 303 g/mol. The van der Waals surface area contributed by atoms with Crippen LogP contribution in [0.2, 0.25) is 5.15 Å². The molecule has 0 saturated heterocycles. The molecular formula is C16H13ClN2O2. The maximum Gasteiger partial charge on any atom is 0.163 e. The van der Waals surface area contributed by atoms with Crippen LogP contribution < -0.4 is 9.47 Å². The molecule has 0 aliphatic heterocycles. The zero-order valence-electron chi connectivity index (χ0n) is 13.9. The molecule has 0 amide bonds. The Hall–Kier alpha value is -2.33. The van der Waals surface area contributed by atoms with E-state index in [-0.39, 0.29) is 23.3 Å². The maximum atomic E-state index is 7.32. The lowest BCUT2D eigenvalue weighted by Crippen LogP contribution is -1.98. The molecule has 106 valence electrons. The molecule has 0 fully saturated rings. The number of methoxy groups -OCH3 is 1. The van der Waals surface area contributed by atoms with Gasteiger partial charge in [0.2, 0.25) is 0 Å². The first-order chi connectivity index (χ1) is 11.4. The lowest BCUT2D eigenvalue weighted by Gasteiger charge is -2.12. The molecule has 0 spiro atoms. The first-order valence-corrected chi connectivity index (χ1v) is 6.60. The number of rotatable bonds is 4. The van der Waals surface area contributed by atoms with E-state index in [4.69, 9.17) is 25.2 Å². The topological polar surface area (TPSA) is 44.2 Å². The van der Waals surface area contributed by atoms with Crippen molar-refractivity contribution in [3.8, 4) is 11.5 Å². The summed E-state index contributed by atoms with van der Waals surface area (Å²) in [5.74, 6) is 0.340. The third-order valence-corrected chi connectivity index (χ3v) is 3.30. The Bertz CT molecular complexity index is 857. The van der Waals surface area contributed by atoms with Gasteiger partial charge in [-0.05, 0) is 11.6 Å². The van der Waals surface area contributed by atoms with E-state index in [1.165, 1.54) is 12.4 Å². The minimum absolute atomic E-state index is 0.0649. The average molecular weight is 304 g/mol. The summed E-state index contributed by atoms with van der Waals surface area (Å²) in [7, 11) is -2.61. The predicted molar refractivity (Wildman–Crippen MR) is 81.9 cm³/mol. The summed E-state index contributed by atoms with van der Waals surface area (Å²) in [6, 6.07) is 12.6. The van der Waals surface area contributed by atoms with Gasteiger partial charge < -0.3 is 9.47 Å². The van der Waals surface area contributed by atoms with Gasteiger partial charge in [-0.2, -0.15) is 0 Å². The molecule has 3 rings (SSSR count). The number of benzene rings is 2. The first kappa shape index (κ1) is 10.4. The Labute approximate surface area is 131 Å². The van der Waals surface area contributed by atoms with Crippen molar-refractivity contribution in [3.63, 3.8) is 0 Å². The lowest BCUT2D eigenvalue weighted by molar-refractivity contribution is 0.285. The third kappa shape index (κ3) is 2.90.